The molecule has 2 fully saturated rings. The second kappa shape index (κ2) is 8.18. The first-order valence-electron chi connectivity index (χ1n) is 9.84. The van der Waals surface area contributed by atoms with Gasteiger partial charge in [-0.05, 0) is 31.6 Å². The van der Waals surface area contributed by atoms with Crippen molar-refractivity contribution in [2.24, 2.45) is 11.8 Å². The fourth-order valence-electron chi connectivity index (χ4n) is 3.79. The van der Waals surface area contributed by atoms with Crippen LogP contribution in [0.4, 0.5) is 17.5 Å². The molecule has 150 valence electrons. The monoisotopic (exact) mass is 384 g/mol. The summed E-state index contributed by atoms with van der Waals surface area (Å²) in [5, 5.41) is 6.22. The van der Waals surface area contributed by atoms with E-state index in [9.17, 15) is 0 Å². The van der Waals surface area contributed by atoms with E-state index in [0.717, 1.165) is 42.0 Å². The summed E-state index contributed by atoms with van der Waals surface area (Å²) >= 11 is 0. The predicted molar refractivity (Wildman–Crippen MR) is 109 cm³/mol. The van der Waals surface area contributed by atoms with Crippen LogP contribution >= 0.6 is 0 Å². The number of nitrogens with one attached hydrogen (secondary N) is 2. The van der Waals surface area contributed by atoms with Crippen molar-refractivity contribution in [3.63, 3.8) is 0 Å². The van der Waals surface area contributed by atoms with E-state index in [4.69, 9.17) is 9.47 Å². The van der Waals surface area contributed by atoms with Gasteiger partial charge in [0, 0.05) is 44.5 Å². The summed E-state index contributed by atoms with van der Waals surface area (Å²) in [6.45, 7) is 6.18. The number of pyridine rings is 1. The number of fused-ring (bicyclic) bond motifs is 1. The maximum absolute atomic E-state index is 5.97. The van der Waals surface area contributed by atoms with E-state index in [1.54, 1.807) is 13.3 Å². The number of hydrogen-bond acceptors (Lipinski definition) is 8. The van der Waals surface area contributed by atoms with E-state index in [0.29, 0.717) is 24.2 Å². The SMILES string of the molecule is CNc1cc(C)nc(Nc2cnc(OC)c(OCCCN3CC4CC4C3)c2)n1. The zero-order valence-electron chi connectivity index (χ0n) is 16.7. The maximum Gasteiger partial charge on any atom is 0.256 e. The van der Waals surface area contributed by atoms with E-state index in [-0.39, 0.29) is 0 Å². The second-order valence-electron chi connectivity index (χ2n) is 7.54. The van der Waals surface area contributed by atoms with Gasteiger partial charge in [-0.2, -0.15) is 4.98 Å². The van der Waals surface area contributed by atoms with Gasteiger partial charge in [-0.1, -0.05) is 0 Å². The van der Waals surface area contributed by atoms with Crippen LogP contribution in [0.1, 0.15) is 18.5 Å². The second-order valence-corrected chi connectivity index (χ2v) is 7.54. The number of aryl methyl sites for hydroxylation is 1. The lowest BCUT2D eigenvalue weighted by atomic mass is 10.3. The van der Waals surface area contributed by atoms with Gasteiger partial charge in [0.05, 0.1) is 25.6 Å². The zero-order chi connectivity index (χ0) is 19.5. The molecule has 2 aromatic rings. The molecule has 4 rings (SSSR count). The van der Waals surface area contributed by atoms with Crippen molar-refractivity contribution in [1.82, 2.24) is 19.9 Å². The van der Waals surface area contributed by atoms with Gasteiger partial charge in [0.25, 0.3) is 5.88 Å². The average molecular weight is 384 g/mol. The van der Waals surface area contributed by atoms with Gasteiger partial charge < -0.3 is 25.0 Å². The summed E-state index contributed by atoms with van der Waals surface area (Å²) in [6.07, 6.45) is 4.12. The molecule has 2 atom stereocenters. The molecule has 2 aliphatic rings. The quantitative estimate of drug-likeness (QED) is 0.639. The van der Waals surface area contributed by atoms with Crippen LogP contribution in [0, 0.1) is 18.8 Å². The van der Waals surface area contributed by atoms with E-state index < -0.39 is 0 Å². The van der Waals surface area contributed by atoms with Gasteiger partial charge in [0.15, 0.2) is 5.75 Å². The molecular formula is C20H28N6O2. The molecule has 0 spiro atoms. The van der Waals surface area contributed by atoms with Crippen LogP contribution in [-0.4, -0.2) is 60.3 Å². The third-order valence-corrected chi connectivity index (χ3v) is 5.31. The molecular weight excluding hydrogens is 356 g/mol. The highest BCUT2D eigenvalue weighted by molar-refractivity contribution is 5.58. The number of aromatic nitrogens is 3. The summed E-state index contributed by atoms with van der Waals surface area (Å²) in [5.74, 6) is 4.31. The molecule has 0 radical (unpaired) electrons. The Morgan fingerprint density at radius 2 is 2.04 bits per heavy atom. The minimum Gasteiger partial charge on any atom is -0.488 e. The van der Waals surface area contributed by atoms with Crippen molar-refractivity contribution < 1.29 is 9.47 Å². The molecule has 1 aliphatic heterocycles. The van der Waals surface area contributed by atoms with Crippen molar-refractivity contribution in [3.8, 4) is 11.6 Å². The number of likely N-dealkylation sites (tertiary alicyclic amines) is 1. The highest BCUT2D eigenvalue weighted by atomic mass is 16.5. The van der Waals surface area contributed by atoms with Crippen LogP contribution in [0.2, 0.25) is 0 Å². The Morgan fingerprint density at radius 1 is 1.21 bits per heavy atom. The topological polar surface area (TPSA) is 84.4 Å². The molecule has 1 saturated heterocycles. The van der Waals surface area contributed by atoms with Gasteiger partial charge in [0.2, 0.25) is 5.95 Å². The third-order valence-electron chi connectivity index (χ3n) is 5.31. The lowest BCUT2D eigenvalue weighted by molar-refractivity contribution is 0.242. The number of methoxy groups -OCH3 is 1. The Labute approximate surface area is 165 Å². The van der Waals surface area contributed by atoms with Crippen LogP contribution in [0.15, 0.2) is 18.3 Å². The highest BCUT2D eigenvalue weighted by Crippen LogP contribution is 2.44. The standard InChI is InChI=1S/C20H28N6O2/c1-13-7-18(21-2)25-20(23-13)24-16-9-17(19(27-3)22-10-16)28-6-4-5-26-11-14-8-15(14)12-26/h7,9-10,14-15H,4-6,8,11-12H2,1-3H3,(H2,21,23,24,25). The average Bonchev–Trinajstić information content (AvgIpc) is 3.30. The van der Waals surface area contributed by atoms with Crippen LogP contribution in [0.25, 0.3) is 0 Å². The van der Waals surface area contributed by atoms with Gasteiger partial charge in [-0.3, -0.25) is 0 Å². The van der Waals surface area contributed by atoms with Crippen LogP contribution in [0.3, 0.4) is 0 Å². The summed E-state index contributed by atoms with van der Waals surface area (Å²) < 4.78 is 11.3. The molecule has 2 N–H and O–H groups in total. The first-order valence-corrected chi connectivity index (χ1v) is 9.84. The molecule has 8 heteroatoms. The maximum atomic E-state index is 5.97. The molecule has 0 aromatic carbocycles. The number of ether oxygens (including phenoxy) is 2. The van der Waals surface area contributed by atoms with Crippen LogP contribution in [-0.2, 0) is 0 Å². The number of piperidine rings is 1. The molecule has 2 unspecified atom stereocenters. The Kier molecular flexibility index (Phi) is 5.47. The normalized spacial score (nSPS) is 20.5. The van der Waals surface area contributed by atoms with E-state index in [2.05, 4.69) is 30.5 Å². The molecule has 8 nitrogen and oxygen atoms in total. The van der Waals surface area contributed by atoms with Crippen molar-refractivity contribution in [2.45, 2.75) is 19.8 Å². The van der Waals surface area contributed by atoms with Crippen LogP contribution in [0.5, 0.6) is 11.6 Å². The van der Waals surface area contributed by atoms with Gasteiger partial charge in [-0.15, -0.1) is 0 Å². The van der Waals surface area contributed by atoms with Gasteiger partial charge in [-0.25, -0.2) is 9.97 Å². The number of rotatable bonds is 9. The van der Waals surface area contributed by atoms with E-state index >= 15 is 0 Å². The third kappa shape index (κ3) is 4.44. The van der Waals surface area contributed by atoms with E-state index in [1.807, 2.05) is 26.1 Å². The summed E-state index contributed by atoms with van der Waals surface area (Å²) in [5.41, 5.74) is 1.63. The van der Waals surface area contributed by atoms with Crippen LogP contribution < -0.4 is 20.1 Å². The fraction of sp³-hybridized carbons (Fsp3) is 0.550. The Morgan fingerprint density at radius 3 is 2.79 bits per heavy atom. The van der Waals surface area contributed by atoms with Crippen molar-refractivity contribution in [3.05, 3.63) is 24.0 Å². The molecule has 0 amide bonds. The number of nitrogens with zero attached hydrogens (tertiary/aromatic N) is 4. The lowest BCUT2D eigenvalue weighted by Gasteiger charge is -2.17. The van der Waals surface area contributed by atoms with Crippen molar-refractivity contribution in [2.75, 3.05) is 51.0 Å². The molecule has 1 saturated carbocycles. The molecule has 0 bridgehead atoms. The molecule has 2 aromatic heterocycles. The number of hydrogen-bond donors (Lipinski definition) is 2. The summed E-state index contributed by atoms with van der Waals surface area (Å²) in [7, 11) is 3.43. The summed E-state index contributed by atoms with van der Waals surface area (Å²) in [6, 6.07) is 3.76. The minimum atomic E-state index is 0.481. The fourth-order valence-corrected chi connectivity index (χ4v) is 3.79. The Balaban J connectivity index is 1.35. The lowest BCUT2D eigenvalue weighted by Crippen LogP contribution is -2.25. The first kappa shape index (κ1) is 18.7. The predicted octanol–water partition coefficient (Wildman–Crippen LogP) is 2.69. The minimum absolute atomic E-state index is 0.481. The van der Waals surface area contributed by atoms with Gasteiger partial charge in [0.1, 0.15) is 5.82 Å². The highest BCUT2D eigenvalue weighted by Gasteiger charge is 2.44. The Bertz CT molecular complexity index is 820. The Hall–Kier alpha value is -2.61. The van der Waals surface area contributed by atoms with Crippen molar-refractivity contribution in [1.29, 1.82) is 0 Å². The zero-order valence-corrected chi connectivity index (χ0v) is 16.7. The van der Waals surface area contributed by atoms with Gasteiger partial charge >= 0.3 is 0 Å². The smallest absolute Gasteiger partial charge is 0.256 e. The molecule has 28 heavy (non-hydrogen) atoms. The summed E-state index contributed by atoms with van der Waals surface area (Å²) in [4.78, 5) is 15.7. The molecule has 3 heterocycles. The molecule has 1 aliphatic carbocycles. The van der Waals surface area contributed by atoms with Crippen molar-refractivity contribution >= 4 is 17.5 Å². The number of anilines is 3. The largest absolute Gasteiger partial charge is 0.488 e. The van der Waals surface area contributed by atoms with E-state index in [1.165, 1.54) is 19.5 Å². The first-order chi connectivity index (χ1) is 13.6.